The van der Waals surface area contributed by atoms with E-state index in [1.165, 1.54) is 13.0 Å². The third kappa shape index (κ3) is 8.70. The first kappa shape index (κ1) is 37.4. The molecule has 0 unspecified atom stereocenters. The van der Waals surface area contributed by atoms with Crippen LogP contribution in [0.25, 0.3) is 10.4 Å². The number of nitrogens with zero attached hydrogens (tertiary/aromatic N) is 3. The quantitative estimate of drug-likeness (QED) is 0.106. The topological polar surface area (TPSA) is 219 Å². The SMILES string of the molecule is CC(=O)OC[C@H]1O[C@@H](OC[C@H]2O[C@@H]3OC(C)(C)O[C@@H]3[C@H]3OC(C)(C)O[C@H]32)[C@H](OC(=O)c2ccccc2CN=[N+]=[N-])[C@@H](OC(C)=O)[C@H]1OC(C)=O. The molecule has 4 heterocycles. The summed E-state index contributed by atoms with van der Waals surface area (Å²) in [6.07, 6.45) is -10.8. The second-order valence-corrected chi connectivity index (χ2v) is 13.0. The zero-order chi connectivity index (χ0) is 36.4. The van der Waals surface area contributed by atoms with Crippen LogP contribution >= 0.6 is 0 Å². The van der Waals surface area contributed by atoms with Gasteiger partial charge in [-0.1, -0.05) is 23.3 Å². The molecule has 0 radical (unpaired) electrons. The van der Waals surface area contributed by atoms with Crippen LogP contribution in [0.1, 0.15) is 64.4 Å². The Hall–Kier alpha value is -3.87. The zero-order valence-electron chi connectivity index (χ0n) is 28.7. The third-order valence-corrected chi connectivity index (χ3v) is 8.11. The van der Waals surface area contributed by atoms with Crippen LogP contribution in [0.15, 0.2) is 29.4 Å². The number of carbonyl (C=O) groups excluding carboxylic acids is 4. The average molecular weight is 708 g/mol. The summed E-state index contributed by atoms with van der Waals surface area (Å²) in [7, 11) is 0. The van der Waals surface area contributed by atoms with E-state index in [0.717, 1.165) is 13.8 Å². The summed E-state index contributed by atoms with van der Waals surface area (Å²) in [5.74, 6) is -5.16. The fraction of sp³-hybridized carbons (Fsp3) is 0.688. The van der Waals surface area contributed by atoms with Crippen LogP contribution in [0.2, 0.25) is 0 Å². The van der Waals surface area contributed by atoms with E-state index in [1.807, 2.05) is 0 Å². The van der Waals surface area contributed by atoms with Crippen molar-refractivity contribution in [3.05, 3.63) is 45.8 Å². The van der Waals surface area contributed by atoms with Crippen LogP contribution < -0.4 is 0 Å². The molecule has 18 nitrogen and oxygen atoms in total. The Balaban J connectivity index is 1.47. The molecular formula is C32H41N3O15. The summed E-state index contributed by atoms with van der Waals surface area (Å²) in [5, 5.41) is 3.54. The highest BCUT2D eigenvalue weighted by Gasteiger charge is 2.61. The first-order chi connectivity index (χ1) is 23.6. The average Bonchev–Trinajstić information content (AvgIpc) is 3.53. The molecule has 0 N–H and O–H groups in total. The van der Waals surface area contributed by atoms with Crippen molar-refractivity contribution in [3.8, 4) is 0 Å². The summed E-state index contributed by atoms with van der Waals surface area (Å²) in [4.78, 5) is 53.0. The molecule has 0 saturated carbocycles. The third-order valence-electron chi connectivity index (χ3n) is 8.11. The van der Waals surface area contributed by atoms with Gasteiger partial charge in [0, 0.05) is 25.7 Å². The Labute approximate surface area is 287 Å². The predicted octanol–water partition coefficient (Wildman–Crippen LogP) is 2.59. The van der Waals surface area contributed by atoms with Crippen LogP contribution in [-0.4, -0.2) is 110 Å². The Morgan fingerprint density at radius 1 is 0.760 bits per heavy atom. The van der Waals surface area contributed by atoms with Gasteiger partial charge in [-0.15, -0.1) is 0 Å². The maximum absolute atomic E-state index is 13.7. The van der Waals surface area contributed by atoms with Gasteiger partial charge in [-0.2, -0.15) is 0 Å². The van der Waals surface area contributed by atoms with Gasteiger partial charge in [0.1, 0.15) is 37.1 Å². The number of rotatable bonds is 11. The molecule has 274 valence electrons. The first-order valence-corrected chi connectivity index (χ1v) is 16.0. The molecule has 0 aliphatic carbocycles. The number of ether oxygens (including phenoxy) is 11. The number of carbonyl (C=O) groups is 4. The minimum Gasteiger partial charge on any atom is -0.463 e. The van der Waals surface area contributed by atoms with Crippen molar-refractivity contribution in [1.29, 1.82) is 0 Å². The Bertz CT molecular complexity index is 1500. The molecule has 18 heteroatoms. The smallest absolute Gasteiger partial charge is 0.339 e. The monoisotopic (exact) mass is 707 g/mol. The summed E-state index contributed by atoms with van der Waals surface area (Å²) in [5.41, 5.74) is 9.23. The van der Waals surface area contributed by atoms with Gasteiger partial charge in [-0.25, -0.2) is 4.79 Å². The fourth-order valence-corrected chi connectivity index (χ4v) is 6.30. The van der Waals surface area contributed by atoms with Crippen LogP contribution in [-0.2, 0) is 73.0 Å². The van der Waals surface area contributed by atoms with Gasteiger partial charge in [0.05, 0.1) is 18.7 Å². The van der Waals surface area contributed by atoms with Crippen LogP contribution in [0.5, 0.6) is 0 Å². The Morgan fingerprint density at radius 3 is 2.08 bits per heavy atom. The zero-order valence-corrected chi connectivity index (χ0v) is 28.7. The highest BCUT2D eigenvalue weighted by Crippen LogP contribution is 2.44. The van der Waals surface area contributed by atoms with Crippen molar-refractivity contribution < 1.29 is 71.3 Å². The van der Waals surface area contributed by atoms with Crippen molar-refractivity contribution >= 4 is 23.9 Å². The molecule has 4 fully saturated rings. The molecule has 4 saturated heterocycles. The Kier molecular flexibility index (Phi) is 11.3. The summed E-state index contributed by atoms with van der Waals surface area (Å²) >= 11 is 0. The molecule has 0 spiro atoms. The van der Waals surface area contributed by atoms with Gasteiger partial charge in [0.25, 0.3) is 0 Å². The summed E-state index contributed by atoms with van der Waals surface area (Å²) in [6.45, 7) is 9.52. The molecule has 0 aromatic heterocycles. The molecular weight excluding hydrogens is 666 g/mol. The van der Waals surface area contributed by atoms with Crippen molar-refractivity contribution in [3.63, 3.8) is 0 Å². The van der Waals surface area contributed by atoms with Crippen molar-refractivity contribution in [1.82, 2.24) is 0 Å². The molecule has 0 amide bonds. The second-order valence-electron chi connectivity index (χ2n) is 13.0. The molecule has 4 aliphatic heterocycles. The van der Waals surface area contributed by atoms with E-state index >= 15 is 0 Å². The minimum atomic E-state index is -1.56. The van der Waals surface area contributed by atoms with Gasteiger partial charge < -0.3 is 52.1 Å². The fourth-order valence-electron chi connectivity index (χ4n) is 6.30. The maximum Gasteiger partial charge on any atom is 0.339 e. The molecule has 0 bridgehead atoms. The van der Waals surface area contributed by atoms with Gasteiger partial charge in [0.15, 0.2) is 42.5 Å². The number of benzene rings is 1. The van der Waals surface area contributed by atoms with E-state index in [4.69, 9.17) is 57.6 Å². The largest absolute Gasteiger partial charge is 0.463 e. The van der Waals surface area contributed by atoms with Gasteiger partial charge in [-0.3, -0.25) is 14.4 Å². The lowest BCUT2D eigenvalue weighted by Gasteiger charge is -2.45. The lowest BCUT2D eigenvalue weighted by atomic mass is 9.97. The highest BCUT2D eigenvalue weighted by atomic mass is 16.9. The van der Waals surface area contributed by atoms with E-state index < -0.39 is 103 Å². The first-order valence-electron chi connectivity index (χ1n) is 16.0. The molecule has 5 rings (SSSR count). The summed E-state index contributed by atoms with van der Waals surface area (Å²) in [6, 6.07) is 6.25. The molecule has 50 heavy (non-hydrogen) atoms. The van der Waals surface area contributed by atoms with E-state index in [0.29, 0.717) is 5.56 Å². The highest BCUT2D eigenvalue weighted by molar-refractivity contribution is 5.91. The second kappa shape index (κ2) is 15.2. The van der Waals surface area contributed by atoms with E-state index in [2.05, 4.69) is 10.0 Å². The number of esters is 4. The lowest BCUT2D eigenvalue weighted by Crippen LogP contribution is -2.63. The van der Waals surface area contributed by atoms with Crippen molar-refractivity contribution in [2.75, 3.05) is 13.2 Å². The molecule has 10 atom stereocenters. The standard InChI is InChI=1S/C32H41N3O15/c1-15(36)40-13-20-22(42-16(2)37)24(43-17(3)38)26(46-28(39)19-11-9-8-10-18(19)12-34-35-33)29(44-20)41-14-21-23-25(48-31(4,5)47-23)27-30(45-21)50-32(6,7)49-27/h8-11,20-27,29-30H,12-14H2,1-7H3/t20-,21-,22+,23+,24+,25+,26-,27-,29-,30-/m1/s1. The van der Waals surface area contributed by atoms with Crippen LogP contribution in [0.4, 0.5) is 0 Å². The molecule has 4 aliphatic rings. The van der Waals surface area contributed by atoms with Crippen LogP contribution in [0, 0.1) is 0 Å². The van der Waals surface area contributed by atoms with E-state index in [1.54, 1.807) is 45.9 Å². The minimum absolute atomic E-state index is 0.0375. The Morgan fingerprint density at radius 2 is 1.40 bits per heavy atom. The predicted molar refractivity (Wildman–Crippen MR) is 163 cm³/mol. The summed E-state index contributed by atoms with van der Waals surface area (Å²) < 4.78 is 65.3. The van der Waals surface area contributed by atoms with Gasteiger partial charge in [0.2, 0.25) is 0 Å². The van der Waals surface area contributed by atoms with Gasteiger partial charge in [-0.05, 0) is 44.9 Å². The number of hydrogen-bond acceptors (Lipinski definition) is 16. The van der Waals surface area contributed by atoms with Crippen molar-refractivity contribution in [2.45, 2.75) is 128 Å². The molecule has 1 aromatic rings. The van der Waals surface area contributed by atoms with E-state index in [9.17, 15) is 19.2 Å². The van der Waals surface area contributed by atoms with E-state index in [-0.39, 0.29) is 18.7 Å². The number of fused-ring (bicyclic) bond motifs is 3. The maximum atomic E-state index is 13.7. The van der Waals surface area contributed by atoms with Crippen LogP contribution in [0.3, 0.4) is 0 Å². The molecule has 1 aromatic carbocycles. The number of azide groups is 1. The van der Waals surface area contributed by atoms with Crippen molar-refractivity contribution in [2.24, 2.45) is 5.11 Å². The van der Waals surface area contributed by atoms with Gasteiger partial charge >= 0.3 is 23.9 Å². The number of hydrogen-bond donors (Lipinski definition) is 0. The normalized spacial score (nSPS) is 33.6. The lowest BCUT2D eigenvalue weighted by molar-refractivity contribution is -0.317.